The molecule has 27 heavy (non-hydrogen) atoms. The lowest BCUT2D eigenvalue weighted by molar-refractivity contribution is 0.122. The number of methoxy groups -OCH3 is 2. The molecule has 0 radical (unpaired) electrons. The molecule has 1 aliphatic heterocycles. The number of ether oxygens (including phenoxy) is 3. The standard InChI is InChI=1S/C20H20FN3O3/c1-25-13-6-7-16-14(12-13)20(24-8-10-27-11-9-24)23-19(22-16)18-15(21)4-3-5-17(18)26-2/h3-7,12H,8-11H2,1-2H3. The molecular weight excluding hydrogens is 349 g/mol. The highest BCUT2D eigenvalue weighted by Gasteiger charge is 2.21. The summed E-state index contributed by atoms with van der Waals surface area (Å²) in [6.45, 7) is 2.65. The van der Waals surface area contributed by atoms with Gasteiger partial charge >= 0.3 is 0 Å². The normalized spacial score (nSPS) is 14.4. The molecule has 0 N–H and O–H groups in total. The number of halogens is 1. The summed E-state index contributed by atoms with van der Waals surface area (Å²) >= 11 is 0. The van der Waals surface area contributed by atoms with Gasteiger partial charge in [0.05, 0.1) is 38.5 Å². The molecule has 3 aromatic rings. The number of hydrogen-bond acceptors (Lipinski definition) is 6. The highest BCUT2D eigenvalue weighted by atomic mass is 19.1. The quantitative estimate of drug-likeness (QED) is 0.703. The summed E-state index contributed by atoms with van der Waals surface area (Å²) < 4.78 is 30.8. The van der Waals surface area contributed by atoms with Crippen molar-refractivity contribution in [1.29, 1.82) is 0 Å². The summed E-state index contributed by atoms with van der Waals surface area (Å²) in [7, 11) is 3.13. The van der Waals surface area contributed by atoms with E-state index in [4.69, 9.17) is 19.2 Å². The van der Waals surface area contributed by atoms with Gasteiger partial charge in [0.2, 0.25) is 0 Å². The molecule has 2 heterocycles. The number of hydrogen-bond donors (Lipinski definition) is 0. The smallest absolute Gasteiger partial charge is 0.168 e. The van der Waals surface area contributed by atoms with Gasteiger partial charge in [-0.25, -0.2) is 14.4 Å². The van der Waals surface area contributed by atoms with Gasteiger partial charge in [0.1, 0.15) is 23.1 Å². The van der Waals surface area contributed by atoms with Crippen LogP contribution in [0.25, 0.3) is 22.3 Å². The summed E-state index contributed by atoms with van der Waals surface area (Å²) in [5.41, 5.74) is 0.972. The zero-order chi connectivity index (χ0) is 18.8. The SMILES string of the molecule is COc1ccc2nc(-c3c(F)cccc3OC)nc(N3CCOCC3)c2c1. The Kier molecular flexibility index (Phi) is 4.77. The first-order valence-corrected chi connectivity index (χ1v) is 8.72. The average molecular weight is 369 g/mol. The second-order valence-electron chi connectivity index (χ2n) is 6.17. The summed E-state index contributed by atoms with van der Waals surface area (Å²) in [4.78, 5) is 11.5. The number of fused-ring (bicyclic) bond motifs is 1. The lowest BCUT2D eigenvalue weighted by Crippen LogP contribution is -2.37. The molecule has 0 aliphatic carbocycles. The Bertz CT molecular complexity index is 974. The first-order chi connectivity index (χ1) is 13.2. The topological polar surface area (TPSA) is 56.7 Å². The molecule has 4 rings (SSSR count). The zero-order valence-corrected chi connectivity index (χ0v) is 15.2. The zero-order valence-electron chi connectivity index (χ0n) is 15.2. The van der Waals surface area contributed by atoms with Gasteiger partial charge in [-0.05, 0) is 30.3 Å². The van der Waals surface area contributed by atoms with Gasteiger partial charge in [0, 0.05) is 18.5 Å². The summed E-state index contributed by atoms with van der Waals surface area (Å²) in [6.07, 6.45) is 0. The Labute approximate surface area is 156 Å². The Balaban J connectivity index is 1.95. The van der Waals surface area contributed by atoms with E-state index in [1.165, 1.54) is 13.2 Å². The fourth-order valence-corrected chi connectivity index (χ4v) is 3.24. The van der Waals surface area contributed by atoms with Crippen molar-refractivity contribution >= 4 is 16.7 Å². The molecule has 0 amide bonds. The van der Waals surface area contributed by atoms with Crippen molar-refractivity contribution in [3.8, 4) is 22.9 Å². The molecule has 1 aliphatic rings. The van der Waals surface area contributed by atoms with Gasteiger partial charge in [-0.3, -0.25) is 0 Å². The molecule has 7 heteroatoms. The molecule has 140 valence electrons. The number of rotatable bonds is 4. The largest absolute Gasteiger partial charge is 0.497 e. The monoisotopic (exact) mass is 369 g/mol. The van der Waals surface area contributed by atoms with Crippen LogP contribution >= 0.6 is 0 Å². The van der Waals surface area contributed by atoms with E-state index in [0.717, 1.165) is 17.0 Å². The average Bonchev–Trinajstić information content (AvgIpc) is 2.73. The van der Waals surface area contributed by atoms with Crippen LogP contribution < -0.4 is 14.4 Å². The van der Waals surface area contributed by atoms with Gasteiger partial charge < -0.3 is 19.1 Å². The van der Waals surface area contributed by atoms with E-state index in [2.05, 4.69) is 9.88 Å². The molecule has 1 fully saturated rings. The third kappa shape index (κ3) is 3.26. The van der Waals surface area contributed by atoms with Crippen LogP contribution in [-0.4, -0.2) is 50.5 Å². The van der Waals surface area contributed by atoms with Gasteiger partial charge in [-0.1, -0.05) is 6.07 Å². The van der Waals surface area contributed by atoms with Crippen LogP contribution in [0, 0.1) is 5.82 Å². The molecule has 0 saturated carbocycles. The minimum Gasteiger partial charge on any atom is -0.497 e. The summed E-state index contributed by atoms with van der Waals surface area (Å²) in [5, 5.41) is 0.857. The van der Waals surface area contributed by atoms with Crippen LogP contribution in [0.2, 0.25) is 0 Å². The minimum absolute atomic E-state index is 0.257. The van der Waals surface area contributed by atoms with Crippen molar-refractivity contribution in [2.45, 2.75) is 0 Å². The molecule has 2 aromatic carbocycles. The minimum atomic E-state index is -0.421. The molecule has 0 unspecified atom stereocenters. The number of aromatic nitrogens is 2. The molecule has 6 nitrogen and oxygen atoms in total. The van der Waals surface area contributed by atoms with E-state index in [1.54, 1.807) is 19.2 Å². The van der Waals surface area contributed by atoms with Gasteiger partial charge in [0.15, 0.2) is 5.82 Å². The fraction of sp³-hybridized carbons (Fsp3) is 0.300. The van der Waals surface area contributed by atoms with E-state index >= 15 is 0 Å². The van der Waals surface area contributed by atoms with Crippen molar-refractivity contribution in [2.24, 2.45) is 0 Å². The maximum Gasteiger partial charge on any atom is 0.168 e. The highest BCUT2D eigenvalue weighted by Crippen LogP contribution is 2.35. The molecule has 0 spiro atoms. The third-order valence-electron chi connectivity index (χ3n) is 4.61. The van der Waals surface area contributed by atoms with Crippen LogP contribution in [0.3, 0.4) is 0 Å². The van der Waals surface area contributed by atoms with Crippen molar-refractivity contribution in [2.75, 3.05) is 45.4 Å². The molecular formula is C20H20FN3O3. The maximum atomic E-state index is 14.6. The van der Waals surface area contributed by atoms with Crippen molar-refractivity contribution < 1.29 is 18.6 Å². The van der Waals surface area contributed by atoms with E-state index in [9.17, 15) is 4.39 Å². The Morgan fingerprint density at radius 1 is 1.04 bits per heavy atom. The predicted octanol–water partition coefficient (Wildman–Crippen LogP) is 3.29. The van der Waals surface area contributed by atoms with Crippen LogP contribution in [-0.2, 0) is 4.74 Å². The lowest BCUT2D eigenvalue weighted by atomic mass is 10.1. The lowest BCUT2D eigenvalue weighted by Gasteiger charge is -2.29. The molecule has 1 aromatic heterocycles. The Hall–Kier alpha value is -2.93. The van der Waals surface area contributed by atoms with Crippen LogP contribution in [0.5, 0.6) is 11.5 Å². The molecule has 0 bridgehead atoms. The maximum absolute atomic E-state index is 14.6. The number of anilines is 1. The van der Waals surface area contributed by atoms with E-state index < -0.39 is 5.82 Å². The van der Waals surface area contributed by atoms with E-state index in [0.29, 0.717) is 43.4 Å². The van der Waals surface area contributed by atoms with E-state index in [-0.39, 0.29) is 5.56 Å². The van der Waals surface area contributed by atoms with Crippen molar-refractivity contribution in [1.82, 2.24) is 9.97 Å². The van der Waals surface area contributed by atoms with Gasteiger partial charge in [-0.2, -0.15) is 0 Å². The van der Waals surface area contributed by atoms with Crippen LogP contribution in [0.15, 0.2) is 36.4 Å². The van der Waals surface area contributed by atoms with Crippen molar-refractivity contribution in [3.63, 3.8) is 0 Å². The first-order valence-electron chi connectivity index (χ1n) is 8.72. The van der Waals surface area contributed by atoms with Crippen LogP contribution in [0.4, 0.5) is 10.2 Å². The fourth-order valence-electron chi connectivity index (χ4n) is 3.24. The Morgan fingerprint density at radius 3 is 2.59 bits per heavy atom. The second kappa shape index (κ2) is 7.36. The summed E-state index contributed by atoms with van der Waals surface area (Å²) in [5.74, 6) is 1.73. The first kappa shape index (κ1) is 17.5. The third-order valence-corrected chi connectivity index (χ3v) is 4.61. The number of morpholine rings is 1. The Morgan fingerprint density at radius 2 is 1.85 bits per heavy atom. The molecule has 0 atom stereocenters. The predicted molar refractivity (Wildman–Crippen MR) is 101 cm³/mol. The van der Waals surface area contributed by atoms with E-state index in [1.807, 2.05) is 18.2 Å². The number of benzene rings is 2. The summed E-state index contributed by atoms with van der Waals surface area (Å²) in [6, 6.07) is 10.3. The van der Waals surface area contributed by atoms with Crippen molar-refractivity contribution in [3.05, 3.63) is 42.2 Å². The van der Waals surface area contributed by atoms with Crippen LogP contribution in [0.1, 0.15) is 0 Å². The number of nitrogens with zero attached hydrogens (tertiary/aromatic N) is 3. The molecule has 1 saturated heterocycles. The second-order valence-corrected chi connectivity index (χ2v) is 6.17. The highest BCUT2D eigenvalue weighted by molar-refractivity contribution is 5.92. The van der Waals surface area contributed by atoms with Gasteiger partial charge in [0.25, 0.3) is 0 Å². The van der Waals surface area contributed by atoms with Gasteiger partial charge in [-0.15, -0.1) is 0 Å².